The van der Waals surface area contributed by atoms with Crippen LogP contribution in [-0.4, -0.2) is 55.2 Å². The van der Waals surface area contributed by atoms with Gasteiger partial charge >= 0.3 is 0 Å². The molecule has 1 amide bonds. The zero-order valence-electron chi connectivity index (χ0n) is 19.0. The topological polar surface area (TPSA) is 57.2 Å². The number of amides is 1. The first-order valence-electron chi connectivity index (χ1n) is 11.3. The lowest BCUT2D eigenvalue weighted by atomic mass is 10.1. The molecule has 170 valence electrons. The predicted octanol–water partition coefficient (Wildman–Crippen LogP) is 3.78. The van der Waals surface area contributed by atoms with Crippen molar-refractivity contribution in [1.82, 2.24) is 15.2 Å². The maximum Gasteiger partial charge on any atom is 0.271 e. The number of carbonyl (C=O) groups excluding carboxylic acids is 1. The standard InChI is InChI=1S/C27H30N4O2/c1-33-26-10-6-5-9-25(26)19-28-29-27(32)24-13-11-23(12-14-24)21-31-17-15-30(16-18-31)20-22-7-3-2-4-8-22/h2-14,19H,15-18,20-21H2,1H3,(H,29,32)/b28-19-. The van der Waals surface area contributed by atoms with E-state index in [0.717, 1.165) is 44.8 Å². The number of nitrogens with zero attached hydrogens (tertiary/aromatic N) is 3. The molecule has 4 rings (SSSR count). The van der Waals surface area contributed by atoms with Crippen molar-refractivity contribution >= 4 is 12.1 Å². The van der Waals surface area contributed by atoms with Gasteiger partial charge in [-0.3, -0.25) is 14.6 Å². The second-order valence-electron chi connectivity index (χ2n) is 8.18. The number of hydrogen-bond donors (Lipinski definition) is 1. The van der Waals surface area contributed by atoms with Crippen LogP contribution in [0.3, 0.4) is 0 Å². The number of hydrogen-bond acceptors (Lipinski definition) is 5. The highest BCUT2D eigenvalue weighted by atomic mass is 16.5. The van der Waals surface area contributed by atoms with Crippen molar-refractivity contribution in [2.75, 3.05) is 33.3 Å². The molecule has 1 saturated heterocycles. The minimum Gasteiger partial charge on any atom is -0.496 e. The van der Waals surface area contributed by atoms with Gasteiger partial charge in [0.2, 0.25) is 0 Å². The Bertz CT molecular complexity index is 1060. The molecular weight excluding hydrogens is 412 g/mol. The largest absolute Gasteiger partial charge is 0.496 e. The molecule has 0 atom stereocenters. The molecule has 6 nitrogen and oxygen atoms in total. The van der Waals surface area contributed by atoms with Crippen molar-refractivity contribution in [3.8, 4) is 5.75 Å². The number of piperazine rings is 1. The summed E-state index contributed by atoms with van der Waals surface area (Å²) in [5, 5.41) is 4.06. The lowest BCUT2D eigenvalue weighted by Gasteiger charge is -2.34. The van der Waals surface area contributed by atoms with Crippen molar-refractivity contribution in [1.29, 1.82) is 0 Å². The van der Waals surface area contributed by atoms with E-state index in [2.05, 4.69) is 50.7 Å². The molecule has 6 heteroatoms. The maximum atomic E-state index is 12.4. The van der Waals surface area contributed by atoms with Gasteiger partial charge in [0.1, 0.15) is 5.75 Å². The van der Waals surface area contributed by atoms with Crippen LogP contribution in [0.5, 0.6) is 5.75 Å². The zero-order valence-corrected chi connectivity index (χ0v) is 19.0. The third-order valence-corrected chi connectivity index (χ3v) is 5.84. The van der Waals surface area contributed by atoms with Crippen LogP contribution in [0.25, 0.3) is 0 Å². The molecule has 33 heavy (non-hydrogen) atoms. The fraction of sp³-hybridized carbons (Fsp3) is 0.259. The first-order valence-corrected chi connectivity index (χ1v) is 11.3. The maximum absolute atomic E-state index is 12.4. The number of methoxy groups -OCH3 is 1. The number of nitrogens with one attached hydrogen (secondary N) is 1. The average molecular weight is 443 g/mol. The Morgan fingerprint density at radius 2 is 1.42 bits per heavy atom. The van der Waals surface area contributed by atoms with Gasteiger partial charge < -0.3 is 4.74 Å². The first kappa shape index (κ1) is 22.7. The molecule has 0 spiro atoms. The molecule has 1 fully saturated rings. The molecule has 1 aliphatic heterocycles. The van der Waals surface area contributed by atoms with Crippen molar-refractivity contribution in [3.05, 3.63) is 101 Å². The van der Waals surface area contributed by atoms with Crippen LogP contribution >= 0.6 is 0 Å². The van der Waals surface area contributed by atoms with E-state index in [0.29, 0.717) is 11.3 Å². The van der Waals surface area contributed by atoms with Gasteiger partial charge in [0.05, 0.1) is 13.3 Å². The summed E-state index contributed by atoms with van der Waals surface area (Å²) in [7, 11) is 1.61. The minimum absolute atomic E-state index is 0.234. The molecular formula is C27H30N4O2. The summed E-state index contributed by atoms with van der Waals surface area (Å²) in [6, 6.07) is 25.9. The monoisotopic (exact) mass is 442 g/mol. The zero-order chi connectivity index (χ0) is 22.9. The lowest BCUT2D eigenvalue weighted by molar-refractivity contribution is 0.0955. The second-order valence-corrected chi connectivity index (χ2v) is 8.18. The summed E-state index contributed by atoms with van der Waals surface area (Å²) in [5.41, 5.74) is 6.55. The SMILES string of the molecule is COc1ccccc1/C=N\NC(=O)c1ccc(CN2CCN(Cc3ccccc3)CC2)cc1. The highest BCUT2D eigenvalue weighted by Crippen LogP contribution is 2.15. The van der Waals surface area contributed by atoms with E-state index in [1.807, 2.05) is 48.5 Å². The number of ether oxygens (including phenoxy) is 1. The molecule has 0 aliphatic carbocycles. The molecule has 0 radical (unpaired) electrons. The minimum atomic E-state index is -0.234. The van der Waals surface area contributed by atoms with E-state index in [-0.39, 0.29) is 5.91 Å². The number of para-hydroxylation sites is 1. The van der Waals surface area contributed by atoms with Crippen LogP contribution < -0.4 is 10.2 Å². The van der Waals surface area contributed by atoms with E-state index in [1.54, 1.807) is 13.3 Å². The smallest absolute Gasteiger partial charge is 0.271 e. The summed E-state index contributed by atoms with van der Waals surface area (Å²) in [4.78, 5) is 17.4. The van der Waals surface area contributed by atoms with Gasteiger partial charge in [0, 0.05) is 50.4 Å². The summed E-state index contributed by atoms with van der Waals surface area (Å²) in [6.45, 7) is 6.14. The molecule has 3 aromatic carbocycles. The third kappa shape index (κ3) is 6.51. The number of benzene rings is 3. The van der Waals surface area contributed by atoms with E-state index < -0.39 is 0 Å². The van der Waals surface area contributed by atoms with E-state index in [9.17, 15) is 4.79 Å². The summed E-state index contributed by atoms with van der Waals surface area (Å²) < 4.78 is 5.28. The van der Waals surface area contributed by atoms with E-state index in [1.165, 1.54) is 11.1 Å². The van der Waals surface area contributed by atoms with Gasteiger partial charge in [-0.2, -0.15) is 5.10 Å². The van der Waals surface area contributed by atoms with E-state index >= 15 is 0 Å². The molecule has 0 bridgehead atoms. The van der Waals surface area contributed by atoms with Crippen LogP contribution in [0.4, 0.5) is 0 Å². The van der Waals surface area contributed by atoms with Crippen LogP contribution in [0.2, 0.25) is 0 Å². The van der Waals surface area contributed by atoms with Gasteiger partial charge in [-0.1, -0.05) is 54.6 Å². The number of carbonyl (C=O) groups is 1. The van der Waals surface area contributed by atoms with Crippen molar-refractivity contribution in [3.63, 3.8) is 0 Å². The second kappa shape index (κ2) is 11.4. The fourth-order valence-electron chi connectivity index (χ4n) is 3.96. The Hall–Kier alpha value is -3.48. The van der Waals surface area contributed by atoms with Crippen LogP contribution in [0.1, 0.15) is 27.0 Å². The van der Waals surface area contributed by atoms with E-state index in [4.69, 9.17) is 4.74 Å². The van der Waals surface area contributed by atoms with Gasteiger partial charge in [0.15, 0.2) is 0 Å². The van der Waals surface area contributed by atoms with Gasteiger partial charge in [0.25, 0.3) is 5.91 Å². The molecule has 1 heterocycles. The highest BCUT2D eigenvalue weighted by molar-refractivity contribution is 5.95. The van der Waals surface area contributed by atoms with Crippen molar-refractivity contribution in [2.24, 2.45) is 5.10 Å². The molecule has 0 unspecified atom stereocenters. The van der Waals surface area contributed by atoms with Crippen molar-refractivity contribution < 1.29 is 9.53 Å². The third-order valence-electron chi connectivity index (χ3n) is 5.84. The quantitative estimate of drug-likeness (QED) is 0.426. The molecule has 0 saturated carbocycles. The first-order chi connectivity index (χ1) is 16.2. The summed E-state index contributed by atoms with van der Waals surface area (Å²) >= 11 is 0. The Morgan fingerprint density at radius 3 is 2.06 bits per heavy atom. The molecule has 3 aromatic rings. The number of rotatable bonds is 8. The highest BCUT2D eigenvalue weighted by Gasteiger charge is 2.17. The summed E-state index contributed by atoms with van der Waals surface area (Å²) in [5.74, 6) is 0.475. The Balaban J connectivity index is 1.24. The summed E-state index contributed by atoms with van der Waals surface area (Å²) in [6.07, 6.45) is 1.59. The normalized spacial score (nSPS) is 14.9. The predicted molar refractivity (Wildman–Crippen MR) is 131 cm³/mol. The molecule has 0 aromatic heterocycles. The molecule has 1 aliphatic rings. The molecule has 1 N–H and O–H groups in total. The van der Waals surface area contributed by atoms with Crippen LogP contribution in [0, 0.1) is 0 Å². The Morgan fingerprint density at radius 1 is 0.848 bits per heavy atom. The lowest BCUT2D eigenvalue weighted by Crippen LogP contribution is -2.45. The Kier molecular flexibility index (Phi) is 7.85. The van der Waals surface area contributed by atoms with Gasteiger partial charge in [-0.15, -0.1) is 0 Å². The fourth-order valence-corrected chi connectivity index (χ4v) is 3.96. The van der Waals surface area contributed by atoms with Gasteiger partial charge in [-0.25, -0.2) is 5.43 Å². The average Bonchev–Trinajstić information content (AvgIpc) is 2.86. The van der Waals surface area contributed by atoms with Crippen LogP contribution in [-0.2, 0) is 13.1 Å². The van der Waals surface area contributed by atoms with Crippen LogP contribution in [0.15, 0.2) is 84.0 Å². The van der Waals surface area contributed by atoms with Crippen molar-refractivity contribution in [2.45, 2.75) is 13.1 Å². The Labute approximate surface area is 195 Å². The van der Waals surface area contributed by atoms with Gasteiger partial charge in [-0.05, 0) is 35.4 Å². The number of hydrazone groups is 1.